The molecule has 1 unspecified atom stereocenters. The fourth-order valence-corrected chi connectivity index (χ4v) is 3.18. The largest absolute Gasteiger partial charge is 0.435 e. The first-order chi connectivity index (χ1) is 14.4. The number of ether oxygens (including phenoxy) is 1. The molecule has 2 aromatic rings. The minimum atomic E-state index is -2.88. The van der Waals surface area contributed by atoms with E-state index >= 15 is 0 Å². The summed E-state index contributed by atoms with van der Waals surface area (Å²) in [5, 5.41) is 2.70. The maximum Gasteiger partial charge on any atom is 0.387 e. The Bertz CT molecular complexity index is 901. The molecule has 2 amide bonds. The second-order valence-corrected chi connectivity index (χ2v) is 6.86. The second kappa shape index (κ2) is 9.82. The van der Waals surface area contributed by atoms with Crippen molar-refractivity contribution < 1.29 is 23.1 Å². The van der Waals surface area contributed by atoms with Crippen LogP contribution in [-0.4, -0.2) is 36.5 Å². The first kappa shape index (κ1) is 21.2. The lowest BCUT2D eigenvalue weighted by atomic mass is 9.97. The van der Waals surface area contributed by atoms with Crippen molar-refractivity contribution in [3.8, 4) is 5.75 Å². The van der Waals surface area contributed by atoms with Gasteiger partial charge in [0.15, 0.2) is 0 Å². The number of rotatable bonds is 7. The average molecular weight is 416 g/mol. The molecule has 0 radical (unpaired) electrons. The smallest absolute Gasteiger partial charge is 0.387 e. The van der Waals surface area contributed by atoms with Crippen molar-refractivity contribution in [3.63, 3.8) is 0 Å². The standard InChI is InChI=1S/C21H22F2N4O3/c22-21(23)30-17-7-3-14(4-8-17)5-10-19(28)26-16-6-9-18(25-12-16)27-11-1-2-15(13-27)20(24)29/h3-10,12,15,21H,1-2,11,13H2,(H2,24,29)(H,26,28)/b10-5+. The number of aromatic nitrogens is 1. The zero-order chi connectivity index (χ0) is 21.5. The predicted octanol–water partition coefficient (Wildman–Crippen LogP) is 3.04. The average Bonchev–Trinajstić information content (AvgIpc) is 2.73. The van der Waals surface area contributed by atoms with Crippen molar-refractivity contribution in [2.24, 2.45) is 11.7 Å². The molecule has 1 atom stereocenters. The van der Waals surface area contributed by atoms with Crippen LogP contribution in [0.1, 0.15) is 18.4 Å². The third-order valence-electron chi connectivity index (χ3n) is 4.70. The number of hydrogen-bond donors (Lipinski definition) is 2. The number of anilines is 2. The number of piperidine rings is 1. The Balaban J connectivity index is 1.54. The van der Waals surface area contributed by atoms with E-state index in [1.807, 2.05) is 4.90 Å². The highest BCUT2D eigenvalue weighted by molar-refractivity contribution is 6.01. The minimum absolute atomic E-state index is 0.0496. The van der Waals surface area contributed by atoms with Gasteiger partial charge in [0.1, 0.15) is 11.6 Å². The van der Waals surface area contributed by atoms with Crippen molar-refractivity contribution in [2.45, 2.75) is 19.5 Å². The Morgan fingerprint density at radius 3 is 2.63 bits per heavy atom. The molecule has 9 heteroatoms. The summed E-state index contributed by atoms with van der Waals surface area (Å²) < 4.78 is 28.6. The number of carbonyl (C=O) groups excluding carboxylic acids is 2. The number of nitrogens with one attached hydrogen (secondary N) is 1. The molecule has 30 heavy (non-hydrogen) atoms. The molecular formula is C21H22F2N4O3. The first-order valence-corrected chi connectivity index (χ1v) is 9.45. The van der Waals surface area contributed by atoms with Gasteiger partial charge in [0.2, 0.25) is 11.8 Å². The summed E-state index contributed by atoms with van der Waals surface area (Å²) in [6.45, 7) is -1.54. The maximum absolute atomic E-state index is 12.1. The molecule has 1 aliphatic rings. The summed E-state index contributed by atoms with van der Waals surface area (Å²) in [6.07, 6.45) is 6.09. The van der Waals surface area contributed by atoms with Crippen LogP contribution in [0.3, 0.4) is 0 Å². The van der Waals surface area contributed by atoms with Crippen LogP contribution in [-0.2, 0) is 9.59 Å². The Hall–Kier alpha value is -3.49. The van der Waals surface area contributed by atoms with E-state index in [1.165, 1.54) is 18.2 Å². The number of hydrogen-bond acceptors (Lipinski definition) is 5. The zero-order valence-corrected chi connectivity index (χ0v) is 16.1. The highest BCUT2D eigenvalue weighted by atomic mass is 19.3. The maximum atomic E-state index is 12.1. The lowest BCUT2D eigenvalue weighted by molar-refractivity contribution is -0.122. The van der Waals surface area contributed by atoms with Gasteiger partial charge in [-0.2, -0.15) is 8.78 Å². The van der Waals surface area contributed by atoms with Gasteiger partial charge in [-0.1, -0.05) is 12.1 Å². The van der Waals surface area contributed by atoms with Crippen molar-refractivity contribution in [1.29, 1.82) is 0 Å². The number of carbonyl (C=O) groups is 2. The highest BCUT2D eigenvalue weighted by Gasteiger charge is 2.24. The van der Waals surface area contributed by atoms with Crippen molar-refractivity contribution >= 4 is 29.4 Å². The summed E-state index contributed by atoms with van der Waals surface area (Å²) in [4.78, 5) is 29.9. The summed E-state index contributed by atoms with van der Waals surface area (Å²) in [5.74, 6) is -0.0638. The molecule has 0 spiro atoms. The number of primary amides is 1. The van der Waals surface area contributed by atoms with Crippen LogP contribution >= 0.6 is 0 Å². The molecule has 2 heterocycles. The van der Waals surface area contributed by atoms with Crippen LogP contribution in [0.4, 0.5) is 20.3 Å². The molecule has 0 bridgehead atoms. The van der Waals surface area contributed by atoms with E-state index in [-0.39, 0.29) is 23.5 Å². The van der Waals surface area contributed by atoms with E-state index < -0.39 is 6.61 Å². The Labute approximate surface area is 172 Å². The molecule has 1 fully saturated rings. The van der Waals surface area contributed by atoms with Gasteiger partial charge in [0, 0.05) is 19.2 Å². The van der Waals surface area contributed by atoms with Gasteiger partial charge in [0.25, 0.3) is 0 Å². The topological polar surface area (TPSA) is 97.6 Å². The Morgan fingerprint density at radius 1 is 1.23 bits per heavy atom. The fraction of sp³-hybridized carbons (Fsp3) is 0.286. The lowest BCUT2D eigenvalue weighted by Gasteiger charge is -2.32. The molecule has 3 N–H and O–H groups in total. The monoisotopic (exact) mass is 416 g/mol. The third kappa shape index (κ3) is 6.00. The van der Waals surface area contributed by atoms with Crippen LogP contribution in [0.25, 0.3) is 6.08 Å². The summed E-state index contributed by atoms with van der Waals surface area (Å²) in [7, 11) is 0. The molecule has 1 aliphatic heterocycles. The van der Waals surface area contributed by atoms with Gasteiger partial charge in [-0.3, -0.25) is 9.59 Å². The van der Waals surface area contributed by atoms with Gasteiger partial charge >= 0.3 is 6.61 Å². The van der Waals surface area contributed by atoms with Crippen molar-refractivity contribution in [3.05, 3.63) is 54.2 Å². The quantitative estimate of drug-likeness (QED) is 0.676. The number of benzene rings is 1. The number of amides is 2. The van der Waals surface area contributed by atoms with Gasteiger partial charge in [-0.25, -0.2) is 4.98 Å². The Morgan fingerprint density at radius 2 is 2.00 bits per heavy atom. The number of pyridine rings is 1. The molecular weight excluding hydrogens is 394 g/mol. The van der Waals surface area contributed by atoms with E-state index in [1.54, 1.807) is 36.5 Å². The summed E-state index contributed by atoms with van der Waals surface area (Å²) >= 11 is 0. The van der Waals surface area contributed by atoms with E-state index in [2.05, 4.69) is 15.0 Å². The molecule has 7 nitrogen and oxygen atoms in total. The van der Waals surface area contributed by atoms with E-state index in [9.17, 15) is 18.4 Å². The molecule has 1 saturated heterocycles. The number of nitrogens with two attached hydrogens (primary N) is 1. The van der Waals surface area contributed by atoms with Crippen LogP contribution in [0.5, 0.6) is 5.75 Å². The van der Waals surface area contributed by atoms with Gasteiger partial charge in [-0.15, -0.1) is 0 Å². The number of nitrogens with zero attached hydrogens (tertiary/aromatic N) is 2. The molecule has 1 aromatic carbocycles. The predicted molar refractivity (Wildman–Crippen MR) is 109 cm³/mol. The van der Waals surface area contributed by atoms with Crippen LogP contribution < -0.4 is 20.7 Å². The second-order valence-electron chi connectivity index (χ2n) is 6.86. The minimum Gasteiger partial charge on any atom is -0.435 e. The SMILES string of the molecule is NC(=O)C1CCCN(c2ccc(NC(=O)/C=C/c3ccc(OC(F)F)cc3)cn2)C1. The van der Waals surface area contributed by atoms with Gasteiger partial charge < -0.3 is 20.7 Å². The van der Waals surface area contributed by atoms with Crippen molar-refractivity contribution in [2.75, 3.05) is 23.3 Å². The summed E-state index contributed by atoms with van der Waals surface area (Å²) in [5.41, 5.74) is 6.59. The molecule has 0 aliphatic carbocycles. The Kier molecular flexibility index (Phi) is 6.95. The number of alkyl halides is 2. The van der Waals surface area contributed by atoms with E-state index in [0.717, 1.165) is 25.2 Å². The van der Waals surface area contributed by atoms with Gasteiger partial charge in [-0.05, 0) is 48.7 Å². The molecule has 0 saturated carbocycles. The molecule has 1 aromatic heterocycles. The van der Waals surface area contributed by atoms with Crippen LogP contribution in [0.15, 0.2) is 48.7 Å². The van der Waals surface area contributed by atoms with E-state index in [4.69, 9.17) is 5.73 Å². The lowest BCUT2D eigenvalue weighted by Crippen LogP contribution is -2.41. The van der Waals surface area contributed by atoms with Crippen molar-refractivity contribution in [1.82, 2.24) is 4.98 Å². The zero-order valence-electron chi connectivity index (χ0n) is 16.1. The first-order valence-electron chi connectivity index (χ1n) is 9.45. The van der Waals surface area contributed by atoms with E-state index in [0.29, 0.717) is 17.8 Å². The highest BCUT2D eigenvalue weighted by Crippen LogP contribution is 2.22. The fourth-order valence-electron chi connectivity index (χ4n) is 3.18. The third-order valence-corrected chi connectivity index (χ3v) is 4.70. The van der Waals surface area contributed by atoms with Crippen LogP contribution in [0, 0.1) is 5.92 Å². The number of halogens is 2. The molecule has 3 rings (SSSR count). The van der Waals surface area contributed by atoms with Gasteiger partial charge in [0.05, 0.1) is 17.8 Å². The molecule has 158 valence electrons. The van der Waals surface area contributed by atoms with Crippen LogP contribution in [0.2, 0.25) is 0 Å². The normalized spacial score (nSPS) is 16.6. The summed E-state index contributed by atoms with van der Waals surface area (Å²) in [6, 6.07) is 9.44.